The molecule has 1 spiro atoms. The summed E-state index contributed by atoms with van der Waals surface area (Å²) in [6.45, 7) is -0.182. The van der Waals surface area contributed by atoms with Crippen LogP contribution in [0, 0.1) is 17.1 Å². The molecule has 1 saturated carbocycles. The number of carbonyl (C=O) groups is 2. The summed E-state index contributed by atoms with van der Waals surface area (Å²) in [7, 11) is 0. The molecule has 2 aromatic carbocycles. The number of amides is 2. The molecule has 0 radical (unpaired) electrons. The predicted molar refractivity (Wildman–Crippen MR) is 115 cm³/mol. The number of benzene rings is 2. The lowest BCUT2D eigenvalue weighted by Crippen LogP contribution is -2.51. The minimum Gasteiger partial charge on any atom is -0.325 e. The third-order valence-corrected chi connectivity index (χ3v) is 5.97. The summed E-state index contributed by atoms with van der Waals surface area (Å²) >= 11 is 5.97. The van der Waals surface area contributed by atoms with Gasteiger partial charge < -0.3 is 10.2 Å². The monoisotopic (exact) mass is 438 g/mol. The molecule has 1 aliphatic carbocycles. The Balaban J connectivity index is 1.57. The molecule has 0 saturated heterocycles. The fraction of sp³-hybridized carbons (Fsp3) is 0.304. The number of nitrogens with one attached hydrogen (secondary N) is 1. The van der Waals surface area contributed by atoms with Crippen LogP contribution in [0.5, 0.6) is 0 Å². The van der Waals surface area contributed by atoms with Gasteiger partial charge in [-0.05, 0) is 56.0 Å². The van der Waals surface area contributed by atoms with Crippen molar-refractivity contribution in [3.63, 3.8) is 0 Å². The first kappa shape index (κ1) is 21.0. The minimum absolute atomic E-state index is 0.160. The third kappa shape index (κ3) is 4.17. The van der Waals surface area contributed by atoms with Gasteiger partial charge in [-0.1, -0.05) is 30.2 Å². The summed E-state index contributed by atoms with van der Waals surface area (Å²) in [5, 5.41) is 12.2. The lowest BCUT2D eigenvalue weighted by molar-refractivity contribution is -0.134. The lowest BCUT2D eigenvalue weighted by atomic mass is 9.88. The summed E-state index contributed by atoms with van der Waals surface area (Å²) in [4.78, 5) is 32.4. The Morgan fingerprint density at radius 3 is 2.58 bits per heavy atom. The number of aliphatic imine (C=N–C) groups is 1. The number of carbonyl (C=O) groups excluding carboxylic acids is 2. The van der Waals surface area contributed by atoms with Gasteiger partial charge in [-0.25, -0.2) is 4.39 Å². The molecule has 0 unspecified atom stereocenters. The van der Waals surface area contributed by atoms with Crippen LogP contribution >= 0.6 is 11.6 Å². The van der Waals surface area contributed by atoms with Crippen LogP contribution in [0.3, 0.4) is 0 Å². The van der Waals surface area contributed by atoms with Crippen molar-refractivity contribution >= 4 is 34.8 Å². The summed E-state index contributed by atoms with van der Waals surface area (Å²) in [5.41, 5.74) is 0.403. The van der Waals surface area contributed by atoms with Crippen molar-refractivity contribution in [1.82, 2.24) is 4.90 Å². The Kier molecular flexibility index (Phi) is 5.75. The van der Waals surface area contributed by atoms with Crippen molar-refractivity contribution in [1.29, 1.82) is 5.26 Å². The Bertz CT molecular complexity index is 1100. The SMILES string of the molecule is N#Cc1cc(NC(=O)CN2C(=O)C(c3ccc(Cl)cc3)=NC23CCCCC3)ccc1F. The molecule has 4 rings (SSSR count). The maximum absolute atomic E-state index is 13.5. The molecule has 0 atom stereocenters. The zero-order valence-electron chi connectivity index (χ0n) is 16.7. The minimum atomic E-state index is -0.734. The van der Waals surface area contributed by atoms with Crippen LogP contribution in [0.25, 0.3) is 0 Å². The van der Waals surface area contributed by atoms with E-state index in [9.17, 15) is 14.0 Å². The van der Waals surface area contributed by atoms with E-state index in [2.05, 4.69) is 5.32 Å². The molecule has 0 aromatic heterocycles. The topological polar surface area (TPSA) is 85.6 Å². The second kappa shape index (κ2) is 8.48. The van der Waals surface area contributed by atoms with Gasteiger partial charge in [0.25, 0.3) is 5.91 Å². The van der Waals surface area contributed by atoms with Gasteiger partial charge in [0, 0.05) is 16.3 Å². The van der Waals surface area contributed by atoms with Crippen molar-refractivity contribution in [3.05, 3.63) is 64.4 Å². The number of nitriles is 1. The van der Waals surface area contributed by atoms with E-state index in [0.29, 0.717) is 34.8 Å². The van der Waals surface area contributed by atoms with Gasteiger partial charge in [0.05, 0.1) is 5.56 Å². The van der Waals surface area contributed by atoms with Gasteiger partial charge in [-0.15, -0.1) is 0 Å². The molecule has 0 bridgehead atoms. The van der Waals surface area contributed by atoms with E-state index >= 15 is 0 Å². The van der Waals surface area contributed by atoms with Crippen LogP contribution in [0.4, 0.5) is 10.1 Å². The first-order chi connectivity index (χ1) is 14.9. The van der Waals surface area contributed by atoms with Crippen LogP contribution in [0.1, 0.15) is 43.2 Å². The smallest absolute Gasteiger partial charge is 0.275 e. The van der Waals surface area contributed by atoms with Crippen LogP contribution in [-0.4, -0.2) is 34.6 Å². The van der Waals surface area contributed by atoms with E-state index < -0.39 is 17.4 Å². The first-order valence-corrected chi connectivity index (χ1v) is 10.5. The van der Waals surface area contributed by atoms with Gasteiger partial charge in [0.15, 0.2) is 0 Å². The fourth-order valence-corrected chi connectivity index (χ4v) is 4.31. The van der Waals surface area contributed by atoms with Gasteiger partial charge in [0.1, 0.15) is 29.8 Å². The molecule has 1 heterocycles. The highest BCUT2D eigenvalue weighted by atomic mass is 35.5. The Morgan fingerprint density at radius 2 is 1.90 bits per heavy atom. The number of hydrogen-bond acceptors (Lipinski definition) is 4. The van der Waals surface area contributed by atoms with E-state index in [1.807, 2.05) is 0 Å². The second-order valence-corrected chi connectivity index (χ2v) is 8.19. The Labute approximate surface area is 184 Å². The summed E-state index contributed by atoms with van der Waals surface area (Å²) in [5.74, 6) is -1.38. The van der Waals surface area contributed by atoms with Crippen molar-refractivity contribution < 1.29 is 14.0 Å². The summed E-state index contributed by atoms with van der Waals surface area (Å²) < 4.78 is 13.5. The van der Waals surface area contributed by atoms with Crippen molar-refractivity contribution in [2.75, 3.05) is 11.9 Å². The number of anilines is 1. The van der Waals surface area contributed by atoms with Crippen molar-refractivity contribution in [3.8, 4) is 6.07 Å². The standard InChI is InChI=1S/C23H20ClFN4O2/c24-17-6-4-15(5-7-17)21-22(31)29(23(28-21)10-2-1-3-11-23)14-20(30)27-18-8-9-19(25)16(12-18)13-26/h4-9,12H,1-3,10-11,14H2,(H,27,30). The average molecular weight is 439 g/mol. The predicted octanol–water partition coefficient (Wildman–Crippen LogP) is 4.28. The molecule has 1 N–H and O–H groups in total. The zero-order valence-corrected chi connectivity index (χ0v) is 17.5. The molecule has 158 valence electrons. The van der Waals surface area contributed by atoms with Gasteiger partial charge >= 0.3 is 0 Å². The highest BCUT2D eigenvalue weighted by Gasteiger charge is 2.48. The summed E-state index contributed by atoms with van der Waals surface area (Å²) in [6.07, 6.45) is 4.29. The summed E-state index contributed by atoms with van der Waals surface area (Å²) in [6, 6.07) is 12.4. The highest BCUT2D eigenvalue weighted by molar-refractivity contribution is 6.47. The third-order valence-electron chi connectivity index (χ3n) is 5.71. The Morgan fingerprint density at radius 1 is 1.19 bits per heavy atom. The molecular weight excluding hydrogens is 419 g/mol. The first-order valence-electron chi connectivity index (χ1n) is 10.1. The molecule has 2 aliphatic rings. The number of nitrogens with zero attached hydrogens (tertiary/aromatic N) is 3. The molecule has 1 aliphatic heterocycles. The highest BCUT2D eigenvalue weighted by Crippen LogP contribution is 2.39. The van der Waals surface area contributed by atoms with Crippen molar-refractivity contribution in [2.24, 2.45) is 4.99 Å². The molecule has 2 aromatic rings. The van der Waals surface area contributed by atoms with Gasteiger partial charge in [-0.2, -0.15) is 5.26 Å². The van der Waals surface area contributed by atoms with Crippen LogP contribution in [-0.2, 0) is 9.59 Å². The maximum atomic E-state index is 13.5. The van der Waals surface area contributed by atoms with E-state index in [0.717, 1.165) is 25.3 Å². The fourth-order valence-electron chi connectivity index (χ4n) is 4.18. The Hall–Kier alpha value is -3.24. The zero-order chi connectivity index (χ0) is 22.0. The van der Waals surface area contributed by atoms with Crippen LogP contribution < -0.4 is 5.32 Å². The van der Waals surface area contributed by atoms with E-state index in [-0.39, 0.29) is 18.0 Å². The molecule has 31 heavy (non-hydrogen) atoms. The molecule has 6 nitrogen and oxygen atoms in total. The lowest BCUT2D eigenvalue weighted by Gasteiger charge is -2.38. The molecule has 1 fully saturated rings. The number of halogens is 2. The normalized spacial score (nSPS) is 17.4. The molecular formula is C23H20ClFN4O2. The largest absolute Gasteiger partial charge is 0.325 e. The quantitative estimate of drug-likeness (QED) is 0.772. The number of rotatable bonds is 4. The van der Waals surface area contributed by atoms with E-state index in [1.54, 1.807) is 35.2 Å². The van der Waals surface area contributed by atoms with E-state index in [1.165, 1.54) is 12.1 Å². The van der Waals surface area contributed by atoms with Crippen molar-refractivity contribution in [2.45, 2.75) is 37.8 Å². The van der Waals surface area contributed by atoms with Gasteiger partial charge in [0.2, 0.25) is 5.91 Å². The van der Waals surface area contributed by atoms with Crippen LogP contribution in [0.15, 0.2) is 47.5 Å². The second-order valence-electron chi connectivity index (χ2n) is 7.76. The van der Waals surface area contributed by atoms with Crippen LogP contribution in [0.2, 0.25) is 5.02 Å². The van der Waals surface area contributed by atoms with E-state index in [4.69, 9.17) is 21.9 Å². The molecule has 8 heteroatoms. The average Bonchev–Trinajstić information content (AvgIpc) is 3.02. The van der Waals surface area contributed by atoms with Gasteiger partial charge in [-0.3, -0.25) is 14.6 Å². The molecule has 2 amide bonds. The number of hydrogen-bond donors (Lipinski definition) is 1. The maximum Gasteiger partial charge on any atom is 0.275 e.